The first-order chi connectivity index (χ1) is 8.86. The van der Waals surface area contributed by atoms with E-state index in [1.54, 1.807) is 0 Å². The normalized spacial score (nSPS) is 12.5. The summed E-state index contributed by atoms with van der Waals surface area (Å²) in [5.74, 6) is -2.70. The topological polar surface area (TPSA) is 75.3 Å². The molecular formula is C13H18F2N2O2. The molecule has 0 spiro atoms. The molecule has 0 heterocycles. The number of aliphatic hydroxyl groups excluding tert-OH is 1. The molecule has 1 atom stereocenters. The number of halogens is 2. The minimum atomic E-state index is -1.12. The number of nitrogens with one attached hydrogen (secondary N) is 1. The van der Waals surface area contributed by atoms with Crippen LogP contribution in [0.25, 0.3) is 0 Å². The van der Waals surface area contributed by atoms with Crippen molar-refractivity contribution in [3.8, 4) is 0 Å². The van der Waals surface area contributed by atoms with Crippen LogP contribution in [0.15, 0.2) is 12.1 Å². The van der Waals surface area contributed by atoms with Crippen molar-refractivity contribution in [2.75, 3.05) is 12.3 Å². The number of amides is 1. The highest BCUT2D eigenvalue weighted by Crippen LogP contribution is 2.18. The molecule has 0 radical (unpaired) electrons. The van der Waals surface area contributed by atoms with Gasteiger partial charge in [0.2, 0.25) is 0 Å². The van der Waals surface area contributed by atoms with Crippen molar-refractivity contribution in [2.24, 2.45) is 5.92 Å². The quantitative estimate of drug-likeness (QED) is 0.714. The van der Waals surface area contributed by atoms with Gasteiger partial charge in [0, 0.05) is 24.4 Å². The summed E-state index contributed by atoms with van der Waals surface area (Å²) in [6, 6.07) is 1.29. The number of benzene rings is 1. The molecule has 0 aliphatic rings. The molecule has 106 valence electrons. The molecule has 1 unspecified atom stereocenters. The molecule has 0 fully saturated rings. The maximum atomic E-state index is 13.1. The monoisotopic (exact) mass is 272 g/mol. The van der Waals surface area contributed by atoms with Crippen molar-refractivity contribution in [1.29, 1.82) is 0 Å². The Morgan fingerprint density at radius 3 is 2.47 bits per heavy atom. The van der Waals surface area contributed by atoms with Gasteiger partial charge in [-0.25, -0.2) is 8.78 Å². The van der Waals surface area contributed by atoms with Crippen LogP contribution in [-0.2, 0) is 0 Å². The predicted molar refractivity (Wildman–Crippen MR) is 68.6 cm³/mol. The number of hydrogen-bond acceptors (Lipinski definition) is 3. The third kappa shape index (κ3) is 3.89. The summed E-state index contributed by atoms with van der Waals surface area (Å²) in [5.41, 5.74) is 5.27. The molecule has 6 heteroatoms. The molecule has 19 heavy (non-hydrogen) atoms. The first-order valence-corrected chi connectivity index (χ1v) is 6.03. The summed E-state index contributed by atoms with van der Waals surface area (Å²) in [6.45, 7) is 3.70. The lowest BCUT2D eigenvalue weighted by molar-refractivity contribution is 0.0917. The second kappa shape index (κ2) is 6.47. The lowest BCUT2D eigenvalue weighted by Crippen LogP contribution is -2.39. The molecule has 0 saturated carbocycles. The Morgan fingerprint density at radius 1 is 1.37 bits per heavy atom. The van der Waals surface area contributed by atoms with E-state index < -0.39 is 17.5 Å². The van der Waals surface area contributed by atoms with Gasteiger partial charge in [-0.1, -0.05) is 13.8 Å². The van der Waals surface area contributed by atoms with Crippen LogP contribution < -0.4 is 11.1 Å². The average Bonchev–Trinajstić information content (AvgIpc) is 2.32. The molecule has 1 aromatic rings. The standard InChI is InChI=1S/C13H18F2N2O2/c1-7(2)12(3-4-18)17-13(19)8-5-9(14)10(15)6-11(8)16/h5-7,12,18H,3-4,16H2,1-2H3,(H,17,19). The predicted octanol–water partition coefficient (Wildman–Crippen LogP) is 1.68. The first kappa shape index (κ1) is 15.4. The Balaban J connectivity index is 2.91. The average molecular weight is 272 g/mol. The van der Waals surface area contributed by atoms with Crippen LogP contribution >= 0.6 is 0 Å². The molecule has 4 nitrogen and oxygen atoms in total. The van der Waals surface area contributed by atoms with Crippen molar-refractivity contribution in [3.05, 3.63) is 29.3 Å². The van der Waals surface area contributed by atoms with Crippen molar-refractivity contribution < 1.29 is 18.7 Å². The second-order valence-electron chi connectivity index (χ2n) is 4.69. The van der Waals surface area contributed by atoms with Gasteiger partial charge in [-0.15, -0.1) is 0 Å². The van der Waals surface area contributed by atoms with E-state index in [2.05, 4.69) is 5.32 Å². The van der Waals surface area contributed by atoms with E-state index in [-0.39, 0.29) is 29.8 Å². The molecule has 1 rings (SSSR count). The van der Waals surface area contributed by atoms with Crippen molar-refractivity contribution >= 4 is 11.6 Å². The van der Waals surface area contributed by atoms with Gasteiger partial charge < -0.3 is 16.2 Å². The Hall–Kier alpha value is -1.69. The lowest BCUT2D eigenvalue weighted by Gasteiger charge is -2.22. The molecule has 0 aliphatic carbocycles. The van der Waals surface area contributed by atoms with E-state index >= 15 is 0 Å². The minimum Gasteiger partial charge on any atom is -0.398 e. The van der Waals surface area contributed by atoms with E-state index in [0.29, 0.717) is 6.42 Å². The number of aliphatic hydroxyl groups is 1. The molecule has 0 aromatic heterocycles. The number of rotatable bonds is 5. The second-order valence-corrected chi connectivity index (χ2v) is 4.69. The summed E-state index contributed by atoms with van der Waals surface area (Å²) >= 11 is 0. The van der Waals surface area contributed by atoms with Crippen molar-refractivity contribution in [3.63, 3.8) is 0 Å². The summed E-state index contributed by atoms with van der Waals surface area (Å²) in [7, 11) is 0. The molecular weight excluding hydrogens is 254 g/mol. The fourth-order valence-electron chi connectivity index (χ4n) is 1.72. The summed E-state index contributed by atoms with van der Waals surface area (Å²) in [6.07, 6.45) is 0.382. The number of carbonyl (C=O) groups excluding carboxylic acids is 1. The Kier molecular flexibility index (Phi) is 5.23. The zero-order valence-electron chi connectivity index (χ0n) is 10.9. The fourth-order valence-corrected chi connectivity index (χ4v) is 1.72. The molecule has 1 aromatic carbocycles. The number of anilines is 1. The molecule has 4 N–H and O–H groups in total. The van der Waals surface area contributed by atoms with Crippen LogP contribution in [-0.4, -0.2) is 23.7 Å². The van der Waals surface area contributed by atoms with Gasteiger partial charge in [0.15, 0.2) is 11.6 Å². The van der Waals surface area contributed by atoms with Gasteiger partial charge in [-0.05, 0) is 18.4 Å². The zero-order valence-corrected chi connectivity index (χ0v) is 10.9. The Bertz CT molecular complexity index is 464. The number of carbonyl (C=O) groups is 1. The van der Waals surface area contributed by atoms with Gasteiger partial charge in [0.25, 0.3) is 5.91 Å². The van der Waals surface area contributed by atoms with Gasteiger partial charge in [0.1, 0.15) is 0 Å². The van der Waals surface area contributed by atoms with Crippen LogP contribution in [0.2, 0.25) is 0 Å². The van der Waals surface area contributed by atoms with E-state index in [0.717, 1.165) is 12.1 Å². The third-order valence-corrected chi connectivity index (χ3v) is 2.90. The smallest absolute Gasteiger partial charge is 0.253 e. The van der Waals surface area contributed by atoms with Crippen LogP contribution in [0.3, 0.4) is 0 Å². The highest BCUT2D eigenvalue weighted by molar-refractivity contribution is 5.99. The van der Waals surface area contributed by atoms with Gasteiger partial charge in [-0.3, -0.25) is 4.79 Å². The van der Waals surface area contributed by atoms with E-state index in [9.17, 15) is 13.6 Å². The van der Waals surface area contributed by atoms with Crippen LogP contribution in [0, 0.1) is 17.6 Å². The van der Waals surface area contributed by atoms with Crippen molar-refractivity contribution in [1.82, 2.24) is 5.32 Å². The maximum Gasteiger partial charge on any atom is 0.253 e. The Labute approximate surface area is 110 Å². The minimum absolute atomic E-state index is 0.0730. The SMILES string of the molecule is CC(C)C(CCO)NC(=O)c1cc(F)c(F)cc1N. The van der Waals surface area contributed by atoms with Crippen LogP contribution in [0.1, 0.15) is 30.6 Å². The highest BCUT2D eigenvalue weighted by atomic mass is 19.2. The van der Waals surface area contributed by atoms with Gasteiger partial charge >= 0.3 is 0 Å². The lowest BCUT2D eigenvalue weighted by atomic mass is 10.0. The van der Waals surface area contributed by atoms with E-state index in [1.165, 1.54) is 0 Å². The largest absolute Gasteiger partial charge is 0.398 e. The van der Waals surface area contributed by atoms with E-state index in [1.807, 2.05) is 13.8 Å². The summed E-state index contributed by atoms with van der Waals surface area (Å²) < 4.78 is 26.0. The van der Waals surface area contributed by atoms with Crippen molar-refractivity contribution in [2.45, 2.75) is 26.3 Å². The molecule has 0 saturated heterocycles. The molecule has 1 amide bonds. The van der Waals surface area contributed by atoms with Crippen LogP contribution in [0.5, 0.6) is 0 Å². The van der Waals surface area contributed by atoms with Crippen LogP contribution in [0.4, 0.5) is 14.5 Å². The number of hydrogen-bond donors (Lipinski definition) is 3. The third-order valence-electron chi connectivity index (χ3n) is 2.90. The summed E-state index contributed by atoms with van der Waals surface area (Å²) in [5, 5.41) is 11.6. The fraction of sp³-hybridized carbons (Fsp3) is 0.462. The zero-order chi connectivity index (χ0) is 14.6. The Morgan fingerprint density at radius 2 is 1.95 bits per heavy atom. The van der Waals surface area contributed by atoms with Gasteiger partial charge in [-0.2, -0.15) is 0 Å². The highest BCUT2D eigenvalue weighted by Gasteiger charge is 2.19. The summed E-state index contributed by atoms with van der Waals surface area (Å²) in [4.78, 5) is 12.0. The van der Waals surface area contributed by atoms with Gasteiger partial charge in [0.05, 0.1) is 5.56 Å². The molecule has 0 aliphatic heterocycles. The number of nitrogen functional groups attached to an aromatic ring is 1. The maximum absolute atomic E-state index is 13.1. The molecule has 0 bridgehead atoms. The number of nitrogens with two attached hydrogens (primary N) is 1. The first-order valence-electron chi connectivity index (χ1n) is 6.03. The van der Waals surface area contributed by atoms with E-state index in [4.69, 9.17) is 10.8 Å².